The second-order valence-corrected chi connectivity index (χ2v) is 5.00. The van der Waals surface area contributed by atoms with Gasteiger partial charge in [-0.2, -0.15) is 0 Å². The Hall–Kier alpha value is -1.06. The molecule has 3 nitrogen and oxygen atoms in total. The number of rotatable bonds is 8. The lowest BCUT2D eigenvalue weighted by molar-refractivity contribution is 0.158. The van der Waals surface area contributed by atoms with Gasteiger partial charge < -0.3 is 14.8 Å². The third-order valence-electron chi connectivity index (χ3n) is 2.57. The van der Waals surface area contributed by atoms with E-state index in [-0.39, 0.29) is 6.10 Å². The van der Waals surface area contributed by atoms with Crippen molar-refractivity contribution in [1.82, 2.24) is 5.32 Å². The molecule has 3 heteroatoms. The van der Waals surface area contributed by atoms with E-state index in [9.17, 15) is 0 Å². The Morgan fingerprint density at radius 2 is 1.78 bits per heavy atom. The minimum absolute atomic E-state index is 0.226. The first-order chi connectivity index (χ1) is 8.61. The number of hydrogen-bond acceptors (Lipinski definition) is 3. The van der Waals surface area contributed by atoms with Crippen molar-refractivity contribution in [2.24, 2.45) is 5.92 Å². The third kappa shape index (κ3) is 6.03. The Labute approximate surface area is 110 Å². The zero-order valence-electron chi connectivity index (χ0n) is 11.9. The summed E-state index contributed by atoms with van der Waals surface area (Å²) >= 11 is 0. The predicted octanol–water partition coefficient (Wildman–Crippen LogP) is 2.85. The molecule has 0 aliphatic carbocycles. The fraction of sp³-hybridized carbons (Fsp3) is 0.600. The normalized spacial score (nSPS) is 12.7. The maximum Gasteiger partial charge on any atom is 0.119 e. The van der Waals surface area contributed by atoms with Gasteiger partial charge in [0.05, 0.1) is 6.10 Å². The summed E-state index contributed by atoms with van der Waals surface area (Å²) in [6.45, 7) is 8.90. The molecule has 1 N–H and O–H groups in total. The summed E-state index contributed by atoms with van der Waals surface area (Å²) in [7, 11) is 1.74. The number of nitrogens with one attached hydrogen (secondary N) is 1. The zero-order chi connectivity index (χ0) is 13.4. The number of ether oxygens (including phenoxy) is 2. The van der Waals surface area contributed by atoms with Gasteiger partial charge in [-0.1, -0.05) is 19.1 Å². The van der Waals surface area contributed by atoms with E-state index in [2.05, 4.69) is 24.4 Å². The van der Waals surface area contributed by atoms with Crippen molar-refractivity contribution in [3.8, 4) is 5.75 Å². The van der Waals surface area contributed by atoms with E-state index in [1.165, 1.54) is 5.56 Å². The molecule has 0 saturated carbocycles. The van der Waals surface area contributed by atoms with Crippen LogP contribution in [0, 0.1) is 5.92 Å². The molecule has 0 aromatic heterocycles. The molecule has 1 atom stereocenters. The maximum atomic E-state index is 5.61. The number of benzene rings is 1. The maximum absolute atomic E-state index is 5.61. The van der Waals surface area contributed by atoms with E-state index < -0.39 is 0 Å². The highest BCUT2D eigenvalue weighted by molar-refractivity contribution is 5.27. The van der Waals surface area contributed by atoms with E-state index in [1.807, 2.05) is 26.0 Å². The van der Waals surface area contributed by atoms with E-state index in [4.69, 9.17) is 9.47 Å². The molecule has 1 aromatic carbocycles. The summed E-state index contributed by atoms with van der Waals surface area (Å²) in [4.78, 5) is 0. The van der Waals surface area contributed by atoms with Crippen LogP contribution in [0.25, 0.3) is 0 Å². The average molecular weight is 251 g/mol. The van der Waals surface area contributed by atoms with E-state index >= 15 is 0 Å². The average Bonchev–Trinajstić information content (AvgIpc) is 2.31. The van der Waals surface area contributed by atoms with Crippen LogP contribution in [-0.2, 0) is 11.3 Å². The fourth-order valence-electron chi connectivity index (χ4n) is 1.76. The summed E-state index contributed by atoms with van der Waals surface area (Å²) in [6.07, 6.45) is 0.226. The van der Waals surface area contributed by atoms with Gasteiger partial charge in [0.2, 0.25) is 0 Å². The van der Waals surface area contributed by atoms with Gasteiger partial charge >= 0.3 is 0 Å². The quantitative estimate of drug-likeness (QED) is 0.770. The molecule has 0 bridgehead atoms. The van der Waals surface area contributed by atoms with E-state index in [1.54, 1.807) is 7.11 Å². The molecule has 0 aliphatic rings. The summed E-state index contributed by atoms with van der Waals surface area (Å²) < 4.78 is 10.7. The fourth-order valence-corrected chi connectivity index (χ4v) is 1.76. The Morgan fingerprint density at radius 1 is 1.11 bits per heavy atom. The molecule has 0 heterocycles. The summed E-state index contributed by atoms with van der Waals surface area (Å²) in [6, 6.07) is 8.25. The van der Waals surface area contributed by atoms with Crippen LogP contribution in [0.1, 0.15) is 26.3 Å². The van der Waals surface area contributed by atoms with Crippen molar-refractivity contribution in [3.05, 3.63) is 29.8 Å². The summed E-state index contributed by atoms with van der Waals surface area (Å²) in [5, 5.41) is 3.43. The van der Waals surface area contributed by atoms with Crippen LogP contribution in [0.3, 0.4) is 0 Å². The van der Waals surface area contributed by atoms with Gasteiger partial charge in [-0.3, -0.25) is 0 Å². The largest absolute Gasteiger partial charge is 0.491 e. The van der Waals surface area contributed by atoms with E-state index in [0.29, 0.717) is 5.92 Å². The van der Waals surface area contributed by atoms with Gasteiger partial charge in [0, 0.05) is 26.8 Å². The second-order valence-electron chi connectivity index (χ2n) is 5.00. The SMILES string of the molecule is COCC(C)CNCc1ccc(OC(C)C)cc1. The lowest BCUT2D eigenvalue weighted by Crippen LogP contribution is -2.23. The van der Waals surface area contributed by atoms with Gasteiger partial charge in [-0.25, -0.2) is 0 Å². The standard InChI is InChI=1S/C15H25NO2/c1-12(2)18-15-7-5-14(6-8-15)10-16-9-13(3)11-17-4/h5-8,12-13,16H,9-11H2,1-4H3. The highest BCUT2D eigenvalue weighted by Gasteiger charge is 2.01. The summed E-state index contributed by atoms with van der Waals surface area (Å²) in [5.41, 5.74) is 1.27. The highest BCUT2D eigenvalue weighted by atomic mass is 16.5. The van der Waals surface area contributed by atoms with Crippen molar-refractivity contribution >= 4 is 0 Å². The van der Waals surface area contributed by atoms with Gasteiger partial charge in [-0.15, -0.1) is 0 Å². The molecule has 0 aliphatic heterocycles. The lowest BCUT2D eigenvalue weighted by Gasteiger charge is -2.12. The monoisotopic (exact) mass is 251 g/mol. The molecule has 1 rings (SSSR count). The van der Waals surface area contributed by atoms with Gasteiger partial charge in [0.1, 0.15) is 5.75 Å². The van der Waals surface area contributed by atoms with Crippen molar-refractivity contribution < 1.29 is 9.47 Å². The Bertz CT molecular complexity index is 322. The van der Waals surface area contributed by atoms with Crippen LogP contribution in [0.15, 0.2) is 24.3 Å². The van der Waals surface area contributed by atoms with Crippen LogP contribution in [0.2, 0.25) is 0 Å². The van der Waals surface area contributed by atoms with Crippen molar-refractivity contribution in [2.75, 3.05) is 20.3 Å². The molecule has 0 amide bonds. The molecule has 1 unspecified atom stereocenters. The van der Waals surface area contributed by atoms with Gasteiger partial charge in [-0.05, 0) is 37.5 Å². The molecular weight excluding hydrogens is 226 g/mol. The van der Waals surface area contributed by atoms with E-state index in [0.717, 1.165) is 25.4 Å². The van der Waals surface area contributed by atoms with Crippen LogP contribution in [-0.4, -0.2) is 26.4 Å². The molecule has 0 radical (unpaired) electrons. The van der Waals surface area contributed by atoms with Crippen LogP contribution < -0.4 is 10.1 Å². The topological polar surface area (TPSA) is 30.5 Å². The van der Waals surface area contributed by atoms with Crippen LogP contribution in [0.4, 0.5) is 0 Å². The van der Waals surface area contributed by atoms with Gasteiger partial charge in [0.25, 0.3) is 0 Å². The van der Waals surface area contributed by atoms with Crippen molar-refractivity contribution in [3.63, 3.8) is 0 Å². The highest BCUT2D eigenvalue weighted by Crippen LogP contribution is 2.13. The smallest absolute Gasteiger partial charge is 0.119 e. The Kier molecular flexibility index (Phi) is 6.76. The number of hydrogen-bond donors (Lipinski definition) is 1. The van der Waals surface area contributed by atoms with Gasteiger partial charge in [0.15, 0.2) is 0 Å². The lowest BCUT2D eigenvalue weighted by atomic mass is 10.2. The zero-order valence-corrected chi connectivity index (χ0v) is 11.9. The van der Waals surface area contributed by atoms with Crippen molar-refractivity contribution in [2.45, 2.75) is 33.4 Å². The Balaban J connectivity index is 2.30. The molecular formula is C15H25NO2. The molecule has 18 heavy (non-hydrogen) atoms. The third-order valence-corrected chi connectivity index (χ3v) is 2.57. The first-order valence-corrected chi connectivity index (χ1v) is 6.57. The number of methoxy groups -OCH3 is 1. The minimum Gasteiger partial charge on any atom is -0.491 e. The molecule has 0 spiro atoms. The first kappa shape index (κ1) is 15.0. The summed E-state index contributed by atoms with van der Waals surface area (Å²) in [5.74, 6) is 1.47. The van der Waals surface area contributed by atoms with Crippen LogP contribution >= 0.6 is 0 Å². The molecule has 102 valence electrons. The van der Waals surface area contributed by atoms with Crippen LogP contribution in [0.5, 0.6) is 5.75 Å². The second kappa shape index (κ2) is 8.11. The molecule has 1 aromatic rings. The molecule has 0 fully saturated rings. The minimum atomic E-state index is 0.226. The first-order valence-electron chi connectivity index (χ1n) is 6.57. The molecule has 0 saturated heterocycles. The Morgan fingerprint density at radius 3 is 2.33 bits per heavy atom. The van der Waals surface area contributed by atoms with Crippen molar-refractivity contribution in [1.29, 1.82) is 0 Å². The predicted molar refractivity (Wildman–Crippen MR) is 75.0 cm³/mol.